The van der Waals surface area contributed by atoms with E-state index in [4.69, 9.17) is 14.2 Å². The molecule has 4 aromatic rings. The van der Waals surface area contributed by atoms with E-state index in [1.54, 1.807) is 30.3 Å². The second kappa shape index (κ2) is 12.6. The highest BCUT2D eigenvalue weighted by Crippen LogP contribution is 2.46. The Morgan fingerprint density at radius 3 is 2.50 bits per heavy atom. The molecule has 5 rings (SSSR count). The normalized spacial score (nSPS) is 16.3. The maximum Gasteiger partial charge on any atom is 0.301 e. The molecule has 2 heterocycles. The third-order valence-corrected chi connectivity index (χ3v) is 7.95. The first-order valence-electron chi connectivity index (χ1n) is 13.8. The van der Waals surface area contributed by atoms with Gasteiger partial charge < -0.3 is 19.3 Å². The summed E-state index contributed by atoms with van der Waals surface area (Å²) in [7, 11) is 1.51. The van der Waals surface area contributed by atoms with Gasteiger partial charge in [0.25, 0.3) is 5.78 Å². The van der Waals surface area contributed by atoms with Gasteiger partial charge in [0.1, 0.15) is 17.3 Å². The van der Waals surface area contributed by atoms with E-state index >= 15 is 0 Å². The van der Waals surface area contributed by atoms with E-state index in [1.807, 2.05) is 13.0 Å². The molecule has 1 aliphatic heterocycles. The smallest absolute Gasteiger partial charge is 0.301 e. The fraction of sp³-hybridized carbons (Fsp3) is 0.281. The Morgan fingerprint density at radius 1 is 1.00 bits per heavy atom. The highest BCUT2D eigenvalue weighted by Gasteiger charge is 2.48. The number of aliphatic hydroxyl groups excluding tert-OH is 1. The van der Waals surface area contributed by atoms with Gasteiger partial charge in [0, 0.05) is 5.56 Å². The van der Waals surface area contributed by atoms with Crippen molar-refractivity contribution in [3.8, 4) is 17.2 Å². The molecule has 218 valence electrons. The number of aromatic nitrogens is 1. The van der Waals surface area contributed by atoms with Crippen LogP contribution in [0.15, 0.2) is 66.2 Å². The first kappa shape index (κ1) is 29.1. The molecule has 1 amide bonds. The number of amides is 1. The summed E-state index contributed by atoms with van der Waals surface area (Å²) in [6.07, 6.45) is 2.99. The van der Waals surface area contributed by atoms with Crippen molar-refractivity contribution < 1.29 is 33.3 Å². The fourth-order valence-corrected chi connectivity index (χ4v) is 5.89. The Balaban J connectivity index is 1.64. The van der Waals surface area contributed by atoms with Crippen LogP contribution < -0.4 is 19.1 Å². The third kappa shape index (κ3) is 5.67. The quantitative estimate of drug-likeness (QED) is 0.0866. The van der Waals surface area contributed by atoms with Gasteiger partial charge in [-0.15, -0.1) is 0 Å². The molecule has 1 aliphatic rings. The van der Waals surface area contributed by atoms with Gasteiger partial charge >= 0.3 is 5.91 Å². The number of ketones is 1. The van der Waals surface area contributed by atoms with Gasteiger partial charge in [-0.1, -0.05) is 37.2 Å². The summed E-state index contributed by atoms with van der Waals surface area (Å²) in [6.45, 7) is 5.01. The zero-order chi connectivity index (χ0) is 29.8. The molecule has 8 nitrogen and oxygen atoms in total. The molecule has 42 heavy (non-hydrogen) atoms. The SMILES string of the molecule is CCCCCOc1ccc(C2C(=C(O)c3ccc(F)cc3)C(=O)C(=O)N2c2nc3ccc(OCC)cc3s2)cc1OC. The van der Waals surface area contributed by atoms with Gasteiger partial charge in [0.15, 0.2) is 16.6 Å². The molecule has 0 aliphatic carbocycles. The standard InChI is InChI=1S/C32H31FN2O6S/c1-4-6-7-16-41-24-15-10-20(17-25(24)39-3)28-27(29(36)19-8-11-21(33)12-9-19)30(37)31(38)35(28)32-34-23-14-13-22(40-5-2)18-26(23)42-32/h8-15,17-18,28,36H,4-7,16H2,1-3H3. The lowest BCUT2D eigenvalue weighted by atomic mass is 9.95. The monoisotopic (exact) mass is 590 g/mol. The molecule has 1 unspecified atom stereocenters. The first-order chi connectivity index (χ1) is 20.4. The van der Waals surface area contributed by atoms with Crippen molar-refractivity contribution in [2.45, 2.75) is 39.2 Å². The minimum absolute atomic E-state index is 0.139. The summed E-state index contributed by atoms with van der Waals surface area (Å²) in [5.74, 6) is -1.03. The van der Waals surface area contributed by atoms with Gasteiger partial charge in [-0.05, 0) is 73.5 Å². The van der Waals surface area contributed by atoms with E-state index in [9.17, 15) is 19.1 Å². The van der Waals surface area contributed by atoms with Crippen LogP contribution in [0.25, 0.3) is 16.0 Å². The number of benzene rings is 3. The zero-order valence-electron chi connectivity index (χ0n) is 23.6. The number of unbranched alkanes of at least 4 members (excludes halogenated alkanes) is 2. The number of hydrogen-bond acceptors (Lipinski definition) is 8. The molecule has 0 radical (unpaired) electrons. The molecule has 1 aromatic heterocycles. The number of thiazole rings is 1. The van der Waals surface area contributed by atoms with Crippen LogP contribution in [-0.4, -0.2) is 42.1 Å². The van der Waals surface area contributed by atoms with Gasteiger partial charge in [-0.3, -0.25) is 14.5 Å². The van der Waals surface area contributed by atoms with Crippen molar-refractivity contribution >= 4 is 44.1 Å². The van der Waals surface area contributed by atoms with Crippen LogP contribution in [0.2, 0.25) is 0 Å². The summed E-state index contributed by atoms with van der Waals surface area (Å²) in [5, 5.41) is 11.6. The summed E-state index contributed by atoms with van der Waals surface area (Å²) < 4.78 is 31.6. The number of carbonyl (C=O) groups excluding carboxylic acids is 2. The number of carbonyl (C=O) groups is 2. The largest absolute Gasteiger partial charge is 0.507 e. The Labute approximate surface area is 247 Å². The van der Waals surface area contributed by atoms with Crippen molar-refractivity contribution in [2.24, 2.45) is 0 Å². The van der Waals surface area contributed by atoms with Crippen LogP contribution >= 0.6 is 11.3 Å². The third-order valence-electron chi connectivity index (χ3n) is 6.94. The van der Waals surface area contributed by atoms with Crippen LogP contribution in [0.1, 0.15) is 50.3 Å². The number of Topliss-reactive ketones (excluding diaryl/α,β-unsaturated/α-hetero) is 1. The Kier molecular flexibility index (Phi) is 8.72. The highest BCUT2D eigenvalue weighted by atomic mass is 32.1. The predicted molar refractivity (Wildman–Crippen MR) is 160 cm³/mol. The molecule has 0 saturated carbocycles. The molecule has 10 heteroatoms. The Bertz CT molecular complexity index is 1650. The average Bonchev–Trinajstić information content (AvgIpc) is 3.53. The van der Waals surface area contributed by atoms with Gasteiger partial charge in [-0.25, -0.2) is 9.37 Å². The molecule has 1 atom stereocenters. The number of nitrogens with zero attached hydrogens (tertiary/aromatic N) is 2. The van der Waals surface area contributed by atoms with Gasteiger partial charge in [-0.2, -0.15) is 0 Å². The van der Waals surface area contributed by atoms with Crippen LogP contribution in [0, 0.1) is 5.82 Å². The van der Waals surface area contributed by atoms with Crippen LogP contribution in [0.4, 0.5) is 9.52 Å². The molecular formula is C32H31FN2O6S. The number of hydrogen-bond donors (Lipinski definition) is 1. The highest BCUT2D eigenvalue weighted by molar-refractivity contribution is 7.22. The van der Waals surface area contributed by atoms with Crippen LogP contribution in [-0.2, 0) is 9.59 Å². The minimum Gasteiger partial charge on any atom is -0.507 e. The Hall–Kier alpha value is -4.44. The first-order valence-corrected chi connectivity index (χ1v) is 14.6. The van der Waals surface area contributed by atoms with E-state index in [0.717, 1.165) is 24.0 Å². The number of methoxy groups -OCH3 is 1. The van der Waals surface area contributed by atoms with Crippen molar-refractivity contribution in [3.05, 3.63) is 83.2 Å². The van der Waals surface area contributed by atoms with Crippen LogP contribution in [0.5, 0.6) is 17.2 Å². The topological polar surface area (TPSA) is 98.2 Å². The second-order valence-corrected chi connectivity index (χ2v) is 10.7. The van der Waals surface area contributed by atoms with E-state index in [2.05, 4.69) is 11.9 Å². The molecular weight excluding hydrogens is 559 g/mol. The summed E-state index contributed by atoms with van der Waals surface area (Å²) in [4.78, 5) is 33.1. The van der Waals surface area contributed by atoms with Crippen molar-refractivity contribution in [1.82, 2.24) is 4.98 Å². The number of ether oxygens (including phenoxy) is 3. The van der Waals surface area contributed by atoms with E-state index in [1.165, 1.54) is 47.6 Å². The average molecular weight is 591 g/mol. The van der Waals surface area contributed by atoms with Gasteiger partial charge in [0.05, 0.1) is 42.2 Å². The summed E-state index contributed by atoms with van der Waals surface area (Å²) >= 11 is 1.23. The van der Waals surface area contributed by atoms with Crippen molar-refractivity contribution in [1.29, 1.82) is 0 Å². The lowest BCUT2D eigenvalue weighted by molar-refractivity contribution is -0.132. The van der Waals surface area contributed by atoms with E-state index in [-0.39, 0.29) is 16.3 Å². The van der Waals surface area contributed by atoms with Crippen molar-refractivity contribution in [2.75, 3.05) is 25.2 Å². The molecule has 0 bridgehead atoms. The second-order valence-electron chi connectivity index (χ2n) is 9.70. The number of fused-ring (bicyclic) bond motifs is 1. The van der Waals surface area contributed by atoms with Gasteiger partial charge in [0.2, 0.25) is 0 Å². The number of aliphatic hydroxyl groups is 1. The minimum atomic E-state index is -1.04. The molecule has 3 aromatic carbocycles. The van der Waals surface area contributed by atoms with Crippen molar-refractivity contribution in [3.63, 3.8) is 0 Å². The number of halogens is 1. The molecule has 1 fully saturated rings. The maximum atomic E-state index is 13.7. The van der Waals surface area contributed by atoms with E-state index < -0.39 is 29.3 Å². The zero-order valence-corrected chi connectivity index (χ0v) is 24.4. The summed E-state index contributed by atoms with van der Waals surface area (Å²) in [6, 6.07) is 14.6. The predicted octanol–water partition coefficient (Wildman–Crippen LogP) is 7.04. The van der Waals surface area contributed by atoms with E-state index in [0.29, 0.717) is 41.5 Å². The Morgan fingerprint density at radius 2 is 1.79 bits per heavy atom. The maximum absolute atomic E-state index is 13.7. The number of rotatable bonds is 11. The number of anilines is 1. The summed E-state index contributed by atoms with van der Waals surface area (Å²) in [5.41, 5.74) is 1.20. The molecule has 1 saturated heterocycles. The lowest BCUT2D eigenvalue weighted by Gasteiger charge is -2.24. The van der Waals surface area contributed by atoms with Crippen LogP contribution in [0.3, 0.4) is 0 Å². The fourth-order valence-electron chi connectivity index (χ4n) is 4.87. The lowest BCUT2D eigenvalue weighted by Crippen LogP contribution is -2.29. The molecule has 1 N–H and O–H groups in total. The molecule has 0 spiro atoms.